The number of ether oxygens (including phenoxy) is 1. The number of amides is 1. The van der Waals surface area contributed by atoms with E-state index in [9.17, 15) is 13.2 Å². The zero-order valence-electron chi connectivity index (χ0n) is 19.6. The maximum absolute atomic E-state index is 13.5. The molecule has 0 radical (unpaired) electrons. The summed E-state index contributed by atoms with van der Waals surface area (Å²) in [6.07, 6.45) is 2.78. The fraction of sp³-hybridized carbons (Fsp3) is 0.333. The fourth-order valence-corrected chi connectivity index (χ4v) is 6.57. The van der Waals surface area contributed by atoms with Gasteiger partial charge < -0.3 is 4.74 Å². The summed E-state index contributed by atoms with van der Waals surface area (Å²) in [6.45, 7) is 6.88. The second-order valence-corrected chi connectivity index (χ2v) is 16.3. The summed E-state index contributed by atoms with van der Waals surface area (Å²) >= 11 is 0. The number of rotatable bonds is 7. The summed E-state index contributed by atoms with van der Waals surface area (Å²) in [7, 11) is -2.43. The maximum atomic E-state index is 13.5. The van der Waals surface area contributed by atoms with Crippen LogP contribution in [0.5, 0.6) is 5.88 Å². The smallest absolute Gasteiger partial charge is 0.274 e. The largest absolute Gasteiger partial charge is 0.479 e. The van der Waals surface area contributed by atoms with E-state index in [4.69, 9.17) is 4.74 Å². The molecule has 0 saturated heterocycles. The molecule has 0 bridgehead atoms. The molecule has 1 aliphatic rings. The van der Waals surface area contributed by atoms with Gasteiger partial charge in [0, 0.05) is 19.3 Å². The average Bonchev–Trinajstić information content (AvgIpc) is 3.52. The quantitative estimate of drug-likeness (QED) is 0.479. The number of methoxy groups -OCH3 is 1. The summed E-state index contributed by atoms with van der Waals surface area (Å²) in [6, 6.07) is 14.8. The lowest BCUT2D eigenvalue weighted by molar-refractivity contribution is 0.0851. The number of nitrogens with zero attached hydrogens (tertiary/aromatic N) is 3. The first-order valence-electron chi connectivity index (χ1n) is 10.9. The molecular weight excluding hydrogens is 454 g/mol. The monoisotopic (exact) mass is 483 g/mol. The molecule has 0 spiro atoms. The Bertz CT molecular complexity index is 1290. The third-order valence-corrected chi connectivity index (χ3v) is 9.66. The molecule has 2 aromatic carbocycles. The van der Waals surface area contributed by atoms with Crippen molar-refractivity contribution in [3.8, 4) is 17.0 Å². The third kappa shape index (κ3) is 4.60. The van der Waals surface area contributed by atoms with Crippen molar-refractivity contribution in [1.29, 1.82) is 0 Å². The number of carbonyl (C=O) groups excluding carboxylic acids is 1. The summed E-state index contributed by atoms with van der Waals surface area (Å²) in [5, 5.41) is 5.43. The van der Waals surface area contributed by atoms with Crippen LogP contribution in [-0.2, 0) is 17.1 Å². The highest BCUT2D eigenvalue weighted by Crippen LogP contribution is 2.35. The van der Waals surface area contributed by atoms with Gasteiger partial charge in [-0.25, -0.2) is 12.7 Å². The molecule has 4 rings (SSSR count). The van der Waals surface area contributed by atoms with Crippen LogP contribution in [0, 0.1) is 0 Å². The minimum absolute atomic E-state index is 0.0932. The number of sulfonamides is 1. The summed E-state index contributed by atoms with van der Waals surface area (Å²) in [4.78, 5) is 13.4. The molecule has 1 fully saturated rings. The van der Waals surface area contributed by atoms with E-state index in [1.807, 2.05) is 12.1 Å². The van der Waals surface area contributed by atoms with E-state index in [0.29, 0.717) is 12.8 Å². The number of aromatic nitrogens is 2. The van der Waals surface area contributed by atoms with Crippen LogP contribution in [0.3, 0.4) is 0 Å². The number of hydrogen-bond acceptors (Lipinski definition) is 5. The molecule has 1 saturated carbocycles. The van der Waals surface area contributed by atoms with Crippen LogP contribution in [0.1, 0.15) is 23.2 Å². The van der Waals surface area contributed by atoms with Crippen LogP contribution in [0.15, 0.2) is 59.6 Å². The molecule has 1 heterocycles. The lowest BCUT2D eigenvalue weighted by Crippen LogP contribution is -2.38. The van der Waals surface area contributed by atoms with Crippen LogP contribution in [0.2, 0.25) is 19.6 Å². The van der Waals surface area contributed by atoms with Crippen LogP contribution in [-0.4, -0.2) is 49.6 Å². The van der Waals surface area contributed by atoms with Gasteiger partial charge >= 0.3 is 0 Å². The Morgan fingerprint density at radius 2 is 1.76 bits per heavy atom. The Morgan fingerprint density at radius 1 is 1.09 bits per heavy atom. The molecule has 1 amide bonds. The van der Waals surface area contributed by atoms with Crippen LogP contribution >= 0.6 is 0 Å². The standard InChI is InChI=1S/C24H29N3O4SSi/c1-26-16-22(23(25-26)31-2)24(28)27(19-11-12-19)32(29,30)20-13-9-17(10-14-20)18-7-6-8-21(15-18)33(3,4)5/h6-10,13-16,19H,11-12H2,1-5H3. The fourth-order valence-electron chi connectivity index (χ4n) is 3.76. The van der Waals surface area contributed by atoms with Gasteiger partial charge in [-0.05, 0) is 36.1 Å². The summed E-state index contributed by atoms with van der Waals surface area (Å²) < 4.78 is 34.6. The highest BCUT2D eigenvalue weighted by molar-refractivity contribution is 7.89. The Hall–Kier alpha value is -2.91. The predicted octanol–water partition coefficient (Wildman–Crippen LogP) is 3.63. The zero-order chi connectivity index (χ0) is 24.0. The van der Waals surface area contributed by atoms with Crippen molar-refractivity contribution in [2.24, 2.45) is 7.05 Å². The van der Waals surface area contributed by atoms with Crippen molar-refractivity contribution >= 4 is 29.2 Å². The Balaban J connectivity index is 1.67. The minimum Gasteiger partial charge on any atom is -0.479 e. The first-order chi connectivity index (χ1) is 15.5. The van der Waals surface area contributed by atoms with E-state index in [1.165, 1.54) is 23.2 Å². The first-order valence-corrected chi connectivity index (χ1v) is 15.8. The lowest BCUT2D eigenvalue weighted by atomic mass is 10.1. The number of hydrogen-bond donors (Lipinski definition) is 0. The SMILES string of the molecule is COc1nn(C)cc1C(=O)N(C1CC1)S(=O)(=O)c1ccc(-c2cccc([Si](C)(C)C)c2)cc1. The van der Waals surface area contributed by atoms with Crippen molar-refractivity contribution in [1.82, 2.24) is 14.1 Å². The molecule has 33 heavy (non-hydrogen) atoms. The highest BCUT2D eigenvalue weighted by Gasteiger charge is 2.43. The summed E-state index contributed by atoms with van der Waals surface area (Å²) in [5.41, 5.74) is 2.12. The number of benzene rings is 2. The molecule has 0 unspecified atom stereocenters. The van der Waals surface area contributed by atoms with Gasteiger partial charge in [0.25, 0.3) is 15.9 Å². The highest BCUT2D eigenvalue weighted by atomic mass is 32.2. The molecule has 1 aromatic heterocycles. The summed E-state index contributed by atoms with van der Waals surface area (Å²) in [5.74, 6) is -0.504. The van der Waals surface area contributed by atoms with E-state index >= 15 is 0 Å². The van der Waals surface area contributed by atoms with Gasteiger partial charge in [-0.15, -0.1) is 5.10 Å². The maximum Gasteiger partial charge on any atom is 0.274 e. The molecule has 9 heteroatoms. The van der Waals surface area contributed by atoms with Crippen molar-refractivity contribution in [2.75, 3.05) is 7.11 Å². The van der Waals surface area contributed by atoms with Gasteiger partial charge in [-0.2, -0.15) is 0 Å². The van der Waals surface area contributed by atoms with Crippen LogP contribution in [0.25, 0.3) is 11.1 Å². The molecule has 1 aliphatic carbocycles. The van der Waals surface area contributed by atoms with E-state index in [-0.39, 0.29) is 22.4 Å². The Labute approximate surface area is 196 Å². The Kier molecular flexibility index (Phi) is 5.96. The second kappa shape index (κ2) is 8.46. The molecular formula is C24H29N3O4SSi. The van der Waals surface area contributed by atoms with Crippen LogP contribution < -0.4 is 9.92 Å². The van der Waals surface area contributed by atoms with E-state index in [0.717, 1.165) is 15.4 Å². The molecule has 3 aromatic rings. The van der Waals surface area contributed by atoms with Gasteiger partial charge in [-0.3, -0.25) is 9.48 Å². The normalized spacial score (nSPS) is 14.2. The van der Waals surface area contributed by atoms with Crippen molar-refractivity contribution in [3.05, 3.63) is 60.3 Å². The third-order valence-electron chi connectivity index (χ3n) is 5.77. The molecule has 7 nitrogen and oxygen atoms in total. The lowest BCUT2D eigenvalue weighted by Gasteiger charge is -2.22. The van der Waals surface area contributed by atoms with E-state index < -0.39 is 24.0 Å². The van der Waals surface area contributed by atoms with Gasteiger partial charge in [-0.1, -0.05) is 61.2 Å². The minimum atomic E-state index is -4.03. The average molecular weight is 484 g/mol. The molecule has 0 atom stereocenters. The topological polar surface area (TPSA) is 81.5 Å². The second-order valence-electron chi connectivity index (χ2n) is 9.42. The van der Waals surface area contributed by atoms with Crippen molar-refractivity contribution in [2.45, 2.75) is 43.4 Å². The van der Waals surface area contributed by atoms with Gasteiger partial charge in [0.15, 0.2) is 0 Å². The molecule has 0 aliphatic heterocycles. The van der Waals surface area contributed by atoms with Crippen LogP contribution in [0.4, 0.5) is 0 Å². The zero-order valence-corrected chi connectivity index (χ0v) is 21.4. The number of aryl methyl sites for hydroxylation is 1. The predicted molar refractivity (Wildman–Crippen MR) is 131 cm³/mol. The van der Waals surface area contributed by atoms with Gasteiger partial charge in [0.1, 0.15) is 5.56 Å². The van der Waals surface area contributed by atoms with Gasteiger partial charge in [0.2, 0.25) is 5.88 Å². The van der Waals surface area contributed by atoms with E-state index in [2.05, 4.69) is 36.9 Å². The molecule has 0 N–H and O–H groups in total. The van der Waals surface area contributed by atoms with Crippen molar-refractivity contribution < 1.29 is 17.9 Å². The van der Waals surface area contributed by atoms with Crippen molar-refractivity contribution in [3.63, 3.8) is 0 Å². The van der Waals surface area contributed by atoms with E-state index in [1.54, 1.807) is 31.3 Å². The van der Waals surface area contributed by atoms with Gasteiger partial charge in [0.05, 0.1) is 20.1 Å². The number of carbonyl (C=O) groups is 1. The molecule has 174 valence electrons. The Morgan fingerprint density at radius 3 is 2.33 bits per heavy atom. The first kappa shape index (κ1) is 23.3.